The van der Waals surface area contributed by atoms with Gasteiger partial charge in [0.25, 0.3) is 0 Å². The third kappa shape index (κ3) is 11.4. The number of carbonyl (C=O) groups is 3. The minimum absolute atomic E-state index is 0.0836. The molecule has 0 bridgehead atoms. The van der Waals surface area contributed by atoms with Gasteiger partial charge in [0.05, 0.1) is 24.9 Å². The number of benzene rings is 1. The summed E-state index contributed by atoms with van der Waals surface area (Å²) in [6.07, 6.45) is 11.6. The van der Waals surface area contributed by atoms with Crippen molar-refractivity contribution in [1.82, 2.24) is 0 Å². The third-order valence-electron chi connectivity index (χ3n) is 7.75. The molecule has 3 rings (SSSR count). The first-order chi connectivity index (χ1) is 19.9. The number of ether oxygens (including phenoxy) is 5. The van der Waals surface area contributed by atoms with Crippen molar-refractivity contribution in [1.29, 1.82) is 0 Å². The third-order valence-corrected chi connectivity index (χ3v) is 7.97. The van der Waals surface area contributed by atoms with E-state index in [4.69, 9.17) is 35.3 Å². The number of allylic oxidation sites excluding steroid dienone is 1. The predicted octanol–water partition coefficient (Wildman–Crippen LogP) is 6.25. The number of alkyl halides is 1. The van der Waals surface area contributed by atoms with Gasteiger partial charge in [-0.05, 0) is 56.6 Å². The molecule has 1 heterocycles. The summed E-state index contributed by atoms with van der Waals surface area (Å²) in [4.78, 5) is 36.5. The number of unbranched alkanes of at least 4 members (excludes halogenated alkanes) is 2. The molecule has 9 heteroatoms. The van der Waals surface area contributed by atoms with Crippen molar-refractivity contribution in [3.63, 3.8) is 0 Å². The zero-order valence-electron chi connectivity index (χ0n) is 24.3. The van der Waals surface area contributed by atoms with E-state index in [2.05, 4.69) is 19.1 Å². The first-order valence-electron chi connectivity index (χ1n) is 15.0. The molecule has 1 aromatic carbocycles. The molecular weight excluding hydrogens is 548 g/mol. The van der Waals surface area contributed by atoms with Gasteiger partial charge in [-0.1, -0.05) is 56.5 Å². The lowest BCUT2D eigenvalue weighted by molar-refractivity contribution is -0.179. The second kappa shape index (κ2) is 18.2. The molecule has 1 saturated heterocycles. The van der Waals surface area contributed by atoms with Crippen molar-refractivity contribution in [2.24, 2.45) is 17.8 Å². The smallest absolute Gasteiger partial charge is 0.338 e. The molecule has 2 aliphatic rings. The van der Waals surface area contributed by atoms with Crippen LogP contribution in [0.2, 0.25) is 0 Å². The number of esters is 3. The number of carbonyl (C=O) groups excluding carboxylic acids is 3. The van der Waals surface area contributed by atoms with Crippen LogP contribution in [-0.2, 0) is 33.3 Å². The molecule has 0 spiro atoms. The summed E-state index contributed by atoms with van der Waals surface area (Å²) in [5.41, 5.74) is 0.465. The van der Waals surface area contributed by atoms with E-state index in [0.29, 0.717) is 25.0 Å². The molecule has 0 aromatic heterocycles. The second-order valence-corrected chi connectivity index (χ2v) is 11.1. The Balaban J connectivity index is 1.82. The number of halogens is 1. The maximum atomic E-state index is 13.0. The van der Waals surface area contributed by atoms with Gasteiger partial charge in [-0.3, -0.25) is 9.59 Å². The summed E-state index contributed by atoms with van der Waals surface area (Å²) in [6.45, 7) is 4.62. The average Bonchev–Trinajstić information content (AvgIpc) is 3.31. The van der Waals surface area contributed by atoms with Crippen molar-refractivity contribution in [3.05, 3.63) is 48.0 Å². The van der Waals surface area contributed by atoms with E-state index in [1.165, 1.54) is 6.92 Å². The molecule has 8 nitrogen and oxygen atoms in total. The molecule has 1 aliphatic carbocycles. The lowest BCUT2D eigenvalue weighted by atomic mass is 9.86. The van der Waals surface area contributed by atoms with E-state index < -0.39 is 18.0 Å². The Kier molecular flexibility index (Phi) is 14.7. The van der Waals surface area contributed by atoms with E-state index in [1.54, 1.807) is 24.3 Å². The van der Waals surface area contributed by atoms with Gasteiger partial charge in [-0.15, -0.1) is 11.6 Å². The van der Waals surface area contributed by atoms with Gasteiger partial charge in [0.1, 0.15) is 12.0 Å². The van der Waals surface area contributed by atoms with Crippen LogP contribution in [0.25, 0.3) is 0 Å². The Morgan fingerprint density at radius 3 is 2.61 bits per heavy atom. The normalized spacial score (nSPS) is 25.1. The standard InChI is InChI=1S/C32H45ClO8/c1-3-4-6-13-26(40-31-14-9-10-18-38-31)15-16-27-25(22-39-23(2)34)20-29(28(27)17-19-37-30(35)21-33)41-32(36)24-11-7-5-8-12-24/h5,7-8,11-12,15-16,25-29,31H,3-4,6,9-10,13-14,17-22H2,1-2H3/b16-15+/t25-,26-,27-,28+,29-,31?/m0/s1. The van der Waals surface area contributed by atoms with Crippen LogP contribution in [0, 0.1) is 17.8 Å². The Labute approximate surface area is 249 Å². The molecule has 2 fully saturated rings. The summed E-state index contributed by atoms with van der Waals surface area (Å²) >= 11 is 5.62. The minimum Gasteiger partial charge on any atom is -0.466 e. The highest BCUT2D eigenvalue weighted by atomic mass is 35.5. The molecule has 41 heavy (non-hydrogen) atoms. The van der Waals surface area contributed by atoms with Crippen LogP contribution in [0.3, 0.4) is 0 Å². The number of rotatable bonds is 16. The summed E-state index contributed by atoms with van der Waals surface area (Å²) in [5.74, 6) is -1.84. The fourth-order valence-corrected chi connectivity index (χ4v) is 5.72. The number of hydrogen-bond donors (Lipinski definition) is 0. The van der Waals surface area contributed by atoms with Gasteiger partial charge in [-0.25, -0.2) is 4.79 Å². The largest absolute Gasteiger partial charge is 0.466 e. The van der Waals surface area contributed by atoms with E-state index in [9.17, 15) is 14.4 Å². The lowest BCUT2D eigenvalue weighted by Gasteiger charge is -2.28. The van der Waals surface area contributed by atoms with Gasteiger partial charge < -0.3 is 23.7 Å². The maximum absolute atomic E-state index is 13.0. The highest BCUT2D eigenvalue weighted by Gasteiger charge is 2.44. The van der Waals surface area contributed by atoms with Crippen molar-refractivity contribution in [2.45, 2.75) is 90.1 Å². The maximum Gasteiger partial charge on any atom is 0.338 e. The van der Waals surface area contributed by atoms with Crippen LogP contribution >= 0.6 is 11.6 Å². The molecule has 0 N–H and O–H groups in total. The van der Waals surface area contributed by atoms with Crippen LogP contribution in [0.15, 0.2) is 42.5 Å². The SMILES string of the molecule is CCCCC[C@@H](/C=C/[C@H]1[C@H](COC(C)=O)C[C@H](OC(=O)c2ccccc2)[C@@H]1CCOC(=O)CCl)OC1CCCCO1. The van der Waals surface area contributed by atoms with Gasteiger partial charge >= 0.3 is 17.9 Å². The molecule has 0 amide bonds. The van der Waals surface area contributed by atoms with E-state index in [-0.39, 0.29) is 55.2 Å². The second-order valence-electron chi connectivity index (χ2n) is 10.8. The summed E-state index contributed by atoms with van der Waals surface area (Å²) in [6, 6.07) is 8.85. The van der Waals surface area contributed by atoms with Crippen LogP contribution in [-0.4, -0.2) is 62.1 Å². The van der Waals surface area contributed by atoms with Crippen molar-refractivity contribution in [2.75, 3.05) is 25.7 Å². The van der Waals surface area contributed by atoms with Gasteiger partial charge in [0, 0.05) is 25.4 Å². The molecule has 1 unspecified atom stereocenters. The first-order valence-corrected chi connectivity index (χ1v) is 15.5. The minimum atomic E-state index is -0.497. The predicted molar refractivity (Wildman–Crippen MR) is 155 cm³/mol. The van der Waals surface area contributed by atoms with Crippen molar-refractivity contribution in [3.8, 4) is 0 Å². The van der Waals surface area contributed by atoms with Gasteiger partial charge in [0.2, 0.25) is 0 Å². The lowest BCUT2D eigenvalue weighted by Crippen LogP contribution is -2.28. The highest BCUT2D eigenvalue weighted by Crippen LogP contribution is 2.43. The average molecular weight is 593 g/mol. The molecular formula is C32H45ClO8. The zero-order chi connectivity index (χ0) is 29.5. The highest BCUT2D eigenvalue weighted by molar-refractivity contribution is 6.26. The van der Waals surface area contributed by atoms with Crippen LogP contribution in [0.1, 0.15) is 82.0 Å². The van der Waals surface area contributed by atoms with Crippen LogP contribution < -0.4 is 0 Å². The van der Waals surface area contributed by atoms with Gasteiger partial charge in [-0.2, -0.15) is 0 Å². The molecule has 228 valence electrons. The fourth-order valence-electron chi connectivity index (χ4n) is 5.64. The van der Waals surface area contributed by atoms with Crippen LogP contribution in [0.5, 0.6) is 0 Å². The molecule has 0 radical (unpaired) electrons. The van der Waals surface area contributed by atoms with E-state index in [1.807, 2.05) is 6.07 Å². The topological polar surface area (TPSA) is 97.4 Å². The van der Waals surface area contributed by atoms with Gasteiger partial charge in [0.15, 0.2) is 6.29 Å². The molecule has 1 aliphatic heterocycles. The van der Waals surface area contributed by atoms with E-state index >= 15 is 0 Å². The van der Waals surface area contributed by atoms with Crippen LogP contribution in [0.4, 0.5) is 0 Å². The monoisotopic (exact) mass is 592 g/mol. The Hall–Kier alpha value is -2.42. The molecule has 1 aromatic rings. The Morgan fingerprint density at radius 1 is 1.12 bits per heavy atom. The Morgan fingerprint density at radius 2 is 1.93 bits per heavy atom. The zero-order valence-corrected chi connectivity index (χ0v) is 25.1. The molecule has 6 atom stereocenters. The fraction of sp³-hybridized carbons (Fsp3) is 0.656. The quantitative estimate of drug-likeness (QED) is 0.0731. The summed E-state index contributed by atoms with van der Waals surface area (Å²) < 4.78 is 29.0. The number of hydrogen-bond acceptors (Lipinski definition) is 8. The molecule has 1 saturated carbocycles. The van der Waals surface area contributed by atoms with Crippen molar-refractivity contribution >= 4 is 29.5 Å². The van der Waals surface area contributed by atoms with Crippen molar-refractivity contribution < 1.29 is 38.1 Å². The Bertz CT molecular complexity index is 962. The summed E-state index contributed by atoms with van der Waals surface area (Å²) in [7, 11) is 0. The van der Waals surface area contributed by atoms with E-state index in [0.717, 1.165) is 44.9 Å². The first kappa shape index (κ1) is 33.1. The summed E-state index contributed by atoms with van der Waals surface area (Å²) in [5, 5.41) is 0.